The van der Waals surface area contributed by atoms with Gasteiger partial charge in [0.1, 0.15) is 11.9 Å². The van der Waals surface area contributed by atoms with E-state index in [0.717, 1.165) is 40.0 Å². The first-order valence-corrected chi connectivity index (χ1v) is 7.83. The topological polar surface area (TPSA) is 23.8 Å². The highest BCUT2D eigenvalue weighted by atomic mass is 32.2. The van der Waals surface area contributed by atoms with Crippen LogP contribution in [-0.2, 0) is 0 Å². The SMILES string of the molecule is CSc1cc(-c2ccc(F)cc2)cc(C2CC2)c1C#N. The van der Waals surface area contributed by atoms with Crippen LogP contribution in [0.2, 0.25) is 0 Å². The van der Waals surface area contributed by atoms with E-state index in [9.17, 15) is 9.65 Å². The Labute approximate surface area is 122 Å². The van der Waals surface area contributed by atoms with E-state index in [0.29, 0.717) is 5.92 Å². The minimum absolute atomic E-state index is 0.227. The predicted octanol–water partition coefficient (Wildman–Crippen LogP) is 4.96. The fourth-order valence-corrected chi connectivity index (χ4v) is 3.06. The molecule has 3 rings (SSSR count). The van der Waals surface area contributed by atoms with Crippen LogP contribution in [0.1, 0.15) is 29.9 Å². The molecule has 100 valence electrons. The van der Waals surface area contributed by atoms with E-state index in [1.54, 1.807) is 23.9 Å². The van der Waals surface area contributed by atoms with Gasteiger partial charge in [-0.05, 0) is 66.0 Å². The molecule has 1 saturated carbocycles. The summed E-state index contributed by atoms with van der Waals surface area (Å²) >= 11 is 1.59. The maximum atomic E-state index is 13.0. The maximum Gasteiger partial charge on any atom is 0.123 e. The quantitative estimate of drug-likeness (QED) is 0.743. The van der Waals surface area contributed by atoms with Crippen molar-refractivity contribution in [3.05, 3.63) is 53.3 Å². The zero-order chi connectivity index (χ0) is 14.1. The van der Waals surface area contributed by atoms with Gasteiger partial charge in [0.05, 0.1) is 5.56 Å². The lowest BCUT2D eigenvalue weighted by molar-refractivity contribution is 0.628. The Morgan fingerprint density at radius 3 is 2.40 bits per heavy atom. The Morgan fingerprint density at radius 1 is 1.15 bits per heavy atom. The van der Waals surface area contributed by atoms with Crippen molar-refractivity contribution in [3.8, 4) is 17.2 Å². The number of rotatable bonds is 3. The summed E-state index contributed by atoms with van der Waals surface area (Å²) in [6.45, 7) is 0. The molecule has 3 heteroatoms. The first kappa shape index (κ1) is 13.2. The third-order valence-electron chi connectivity index (χ3n) is 3.66. The smallest absolute Gasteiger partial charge is 0.123 e. The lowest BCUT2D eigenvalue weighted by Crippen LogP contribution is -1.93. The van der Waals surface area contributed by atoms with Crippen molar-refractivity contribution >= 4 is 11.8 Å². The summed E-state index contributed by atoms with van der Waals surface area (Å²) in [4.78, 5) is 1.01. The van der Waals surface area contributed by atoms with Gasteiger partial charge in [0, 0.05) is 4.90 Å². The second-order valence-electron chi connectivity index (χ2n) is 5.04. The lowest BCUT2D eigenvalue weighted by atomic mass is 9.97. The summed E-state index contributed by atoms with van der Waals surface area (Å²) in [6, 6.07) is 13.0. The Kier molecular flexibility index (Phi) is 3.50. The van der Waals surface area contributed by atoms with Gasteiger partial charge in [-0.15, -0.1) is 11.8 Å². The summed E-state index contributed by atoms with van der Waals surface area (Å²) in [6.07, 6.45) is 4.31. The molecule has 0 amide bonds. The molecule has 0 radical (unpaired) electrons. The number of halogens is 1. The van der Waals surface area contributed by atoms with Crippen molar-refractivity contribution in [1.82, 2.24) is 0 Å². The fourth-order valence-electron chi connectivity index (χ4n) is 2.44. The van der Waals surface area contributed by atoms with E-state index >= 15 is 0 Å². The van der Waals surface area contributed by atoms with E-state index in [-0.39, 0.29) is 5.82 Å². The maximum absolute atomic E-state index is 13.0. The van der Waals surface area contributed by atoms with Crippen molar-refractivity contribution in [3.63, 3.8) is 0 Å². The molecular formula is C17H14FNS. The summed E-state index contributed by atoms with van der Waals surface area (Å²) in [7, 11) is 0. The standard InChI is InChI=1S/C17H14FNS/c1-20-17-9-13(11-4-6-14(18)7-5-11)8-15(12-2-3-12)16(17)10-19/h4-9,12H,2-3H2,1H3. The molecule has 0 bridgehead atoms. The Balaban J connectivity index is 2.14. The number of hydrogen-bond acceptors (Lipinski definition) is 2. The van der Waals surface area contributed by atoms with Gasteiger partial charge in [-0.25, -0.2) is 4.39 Å². The van der Waals surface area contributed by atoms with Crippen molar-refractivity contribution in [2.45, 2.75) is 23.7 Å². The van der Waals surface area contributed by atoms with Crippen molar-refractivity contribution in [1.29, 1.82) is 5.26 Å². The van der Waals surface area contributed by atoms with Crippen molar-refractivity contribution < 1.29 is 4.39 Å². The fraction of sp³-hybridized carbons (Fsp3) is 0.235. The first-order valence-electron chi connectivity index (χ1n) is 6.61. The van der Waals surface area contributed by atoms with E-state index in [1.807, 2.05) is 12.3 Å². The van der Waals surface area contributed by atoms with Gasteiger partial charge in [0.15, 0.2) is 0 Å². The third-order valence-corrected chi connectivity index (χ3v) is 4.42. The van der Waals surface area contributed by atoms with Crippen LogP contribution in [0.5, 0.6) is 0 Å². The van der Waals surface area contributed by atoms with Gasteiger partial charge in [-0.2, -0.15) is 5.26 Å². The number of benzene rings is 2. The number of thioether (sulfide) groups is 1. The van der Waals surface area contributed by atoms with Gasteiger partial charge in [0.25, 0.3) is 0 Å². The Bertz CT molecular complexity index is 681. The molecule has 0 heterocycles. The van der Waals surface area contributed by atoms with Crippen LogP contribution in [0, 0.1) is 17.1 Å². The van der Waals surface area contributed by atoms with Crippen LogP contribution in [0.4, 0.5) is 4.39 Å². The summed E-state index contributed by atoms with van der Waals surface area (Å²) < 4.78 is 13.0. The number of hydrogen-bond donors (Lipinski definition) is 0. The van der Waals surface area contributed by atoms with Crippen LogP contribution >= 0.6 is 11.8 Å². The monoisotopic (exact) mass is 283 g/mol. The molecule has 1 fully saturated rings. The molecule has 0 aliphatic heterocycles. The van der Waals surface area contributed by atoms with E-state index < -0.39 is 0 Å². The molecule has 0 N–H and O–H groups in total. The van der Waals surface area contributed by atoms with Crippen LogP contribution in [0.15, 0.2) is 41.3 Å². The minimum Gasteiger partial charge on any atom is -0.207 e. The van der Waals surface area contributed by atoms with E-state index in [1.165, 1.54) is 12.1 Å². The predicted molar refractivity (Wildman–Crippen MR) is 80.3 cm³/mol. The van der Waals surface area contributed by atoms with Gasteiger partial charge in [-0.1, -0.05) is 12.1 Å². The minimum atomic E-state index is -0.227. The molecule has 0 spiro atoms. The van der Waals surface area contributed by atoms with Crippen LogP contribution in [0.25, 0.3) is 11.1 Å². The molecular weight excluding hydrogens is 269 g/mol. The third kappa shape index (κ3) is 2.44. The molecule has 1 aliphatic carbocycles. The van der Waals surface area contributed by atoms with Crippen LogP contribution in [0.3, 0.4) is 0 Å². The Morgan fingerprint density at radius 2 is 1.85 bits per heavy atom. The molecule has 0 aromatic heterocycles. The zero-order valence-electron chi connectivity index (χ0n) is 11.2. The zero-order valence-corrected chi connectivity index (χ0v) is 12.0. The highest BCUT2D eigenvalue weighted by molar-refractivity contribution is 7.98. The van der Waals surface area contributed by atoms with E-state index in [4.69, 9.17) is 0 Å². The van der Waals surface area contributed by atoms with Crippen LogP contribution < -0.4 is 0 Å². The average Bonchev–Trinajstić information content (AvgIpc) is 3.31. The average molecular weight is 283 g/mol. The van der Waals surface area contributed by atoms with Crippen LogP contribution in [-0.4, -0.2) is 6.26 Å². The molecule has 0 unspecified atom stereocenters. The van der Waals surface area contributed by atoms with Crippen molar-refractivity contribution in [2.75, 3.05) is 6.26 Å². The highest BCUT2D eigenvalue weighted by Crippen LogP contribution is 2.45. The van der Waals surface area contributed by atoms with Gasteiger partial charge >= 0.3 is 0 Å². The lowest BCUT2D eigenvalue weighted by Gasteiger charge is -2.11. The van der Waals surface area contributed by atoms with Crippen molar-refractivity contribution in [2.24, 2.45) is 0 Å². The summed E-state index contributed by atoms with van der Waals surface area (Å²) in [5.74, 6) is 0.297. The summed E-state index contributed by atoms with van der Waals surface area (Å²) in [5.41, 5.74) is 4.02. The second-order valence-corrected chi connectivity index (χ2v) is 5.88. The molecule has 2 aromatic rings. The number of nitriles is 1. The van der Waals surface area contributed by atoms with Gasteiger partial charge in [0.2, 0.25) is 0 Å². The largest absolute Gasteiger partial charge is 0.207 e. The normalized spacial score (nSPS) is 14.1. The molecule has 1 nitrogen and oxygen atoms in total. The Hall–Kier alpha value is -1.79. The molecule has 20 heavy (non-hydrogen) atoms. The second kappa shape index (κ2) is 5.30. The van der Waals surface area contributed by atoms with Gasteiger partial charge in [-0.3, -0.25) is 0 Å². The highest BCUT2D eigenvalue weighted by Gasteiger charge is 2.28. The van der Waals surface area contributed by atoms with E-state index in [2.05, 4.69) is 12.1 Å². The van der Waals surface area contributed by atoms with Gasteiger partial charge < -0.3 is 0 Å². The molecule has 1 aliphatic rings. The first-order chi connectivity index (χ1) is 9.72. The molecule has 0 atom stereocenters. The molecule has 0 saturated heterocycles. The molecule has 2 aromatic carbocycles. The number of nitrogens with zero attached hydrogens (tertiary/aromatic N) is 1. The summed E-state index contributed by atoms with van der Waals surface area (Å²) in [5, 5.41) is 9.39.